The van der Waals surface area contributed by atoms with Gasteiger partial charge in [-0.15, -0.1) is 0 Å². The first kappa shape index (κ1) is 16.0. The molecule has 116 valence electrons. The molecule has 0 amide bonds. The Labute approximate surface area is 126 Å². The van der Waals surface area contributed by atoms with Crippen LogP contribution in [0.5, 0.6) is 0 Å². The first-order chi connectivity index (χ1) is 10.2. The number of aromatic carboxylic acids is 1. The molecule has 1 aromatic rings. The Morgan fingerprint density at radius 1 is 1.29 bits per heavy atom. The molecule has 0 radical (unpaired) electrons. The lowest BCUT2D eigenvalue weighted by Crippen LogP contribution is -2.31. The van der Waals surface area contributed by atoms with Gasteiger partial charge in [-0.2, -0.15) is 0 Å². The molecule has 4 heteroatoms. The largest absolute Gasteiger partial charge is 0.478 e. The minimum absolute atomic E-state index is 0.229. The third-order valence-electron chi connectivity index (χ3n) is 4.46. The van der Waals surface area contributed by atoms with Crippen molar-refractivity contribution in [3.05, 3.63) is 35.4 Å². The van der Waals surface area contributed by atoms with Gasteiger partial charge >= 0.3 is 5.97 Å². The SMILES string of the molecule is O=C(O)c1cccc(CNCC(CO)C2CCCCC2)c1. The van der Waals surface area contributed by atoms with E-state index in [1.165, 1.54) is 32.1 Å². The fourth-order valence-electron chi connectivity index (χ4n) is 3.20. The van der Waals surface area contributed by atoms with E-state index >= 15 is 0 Å². The van der Waals surface area contributed by atoms with Crippen molar-refractivity contribution in [1.29, 1.82) is 0 Å². The summed E-state index contributed by atoms with van der Waals surface area (Å²) in [6.45, 7) is 1.66. The number of hydrogen-bond donors (Lipinski definition) is 3. The average Bonchev–Trinajstić information content (AvgIpc) is 2.53. The van der Waals surface area contributed by atoms with E-state index in [0.717, 1.165) is 12.1 Å². The second-order valence-electron chi connectivity index (χ2n) is 5.98. The van der Waals surface area contributed by atoms with Crippen LogP contribution in [0.4, 0.5) is 0 Å². The highest BCUT2D eigenvalue weighted by Crippen LogP contribution is 2.29. The Kier molecular flexibility index (Phi) is 6.21. The Hall–Kier alpha value is -1.39. The van der Waals surface area contributed by atoms with Gasteiger partial charge in [0.15, 0.2) is 0 Å². The summed E-state index contributed by atoms with van der Waals surface area (Å²) in [6, 6.07) is 6.99. The van der Waals surface area contributed by atoms with E-state index in [1.54, 1.807) is 18.2 Å². The number of hydrogen-bond acceptors (Lipinski definition) is 3. The molecule has 1 unspecified atom stereocenters. The molecule has 3 N–H and O–H groups in total. The average molecular weight is 291 g/mol. The lowest BCUT2D eigenvalue weighted by Gasteiger charge is -2.29. The first-order valence-corrected chi connectivity index (χ1v) is 7.84. The molecule has 0 heterocycles. The van der Waals surface area contributed by atoms with Gasteiger partial charge < -0.3 is 15.5 Å². The summed E-state index contributed by atoms with van der Waals surface area (Å²) in [5.41, 5.74) is 1.29. The van der Waals surface area contributed by atoms with Crippen LogP contribution in [0.2, 0.25) is 0 Å². The normalized spacial score (nSPS) is 17.6. The molecule has 0 spiro atoms. The van der Waals surface area contributed by atoms with Crippen LogP contribution in [0.3, 0.4) is 0 Å². The summed E-state index contributed by atoms with van der Waals surface area (Å²) >= 11 is 0. The highest BCUT2D eigenvalue weighted by molar-refractivity contribution is 5.87. The van der Waals surface area contributed by atoms with Crippen LogP contribution in [0.25, 0.3) is 0 Å². The summed E-state index contributed by atoms with van der Waals surface area (Å²) in [4.78, 5) is 10.9. The van der Waals surface area contributed by atoms with Gasteiger partial charge in [0, 0.05) is 19.7 Å². The molecule has 1 aliphatic rings. The molecule has 0 saturated heterocycles. The van der Waals surface area contributed by atoms with Gasteiger partial charge in [-0.25, -0.2) is 4.79 Å². The van der Waals surface area contributed by atoms with Gasteiger partial charge in [-0.05, 0) is 29.5 Å². The fraction of sp³-hybridized carbons (Fsp3) is 0.588. The monoisotopic (exact) mass is 291 g/mol. The number of rotatable bonds is 7. The summed E-state index contributed by atoms with van der Waals surface area (Å²) in [5, 5.41) is 21.9. The molecule has 1 atom stereocenters. The molecule has 1 saturated carbocycles. The number of carbonyl (C=O) groups is 1. The minimum atomic E-state index is -0.896. The third kappa shape index (κ3) is 4.83. The number of carboxylic acids is 1. The lowest BCUT2D eigenvalue weighted by atomic mass is 9.80. The van der Waals surface area contributed by atoms with Crippen LogP contribution in [-0.4, -0.2) is 29.3 Å². The highest BCUT2D eigenvalue weighted by atomic mass is 16.4. The number of carboxylic acid groups (broad SMARTS) is 1. The van der Waals surface area contributed by atoms with Gasteiger partial charge in [0.05, 0.1) is 5.56 Å². The van der Waals surface area contributed by atoms with Crippen molar-refractivity contribution >= 4 is 5.97 Å². The van der Waals surface area contributed by atoms with Crippen molar-refractivity contribution in [3.8, 4) is 0 Å². The molecular weight excluding hydrogens is 266 g/mol. The van der Waals surface area contributed by atoms with Crippen LogP contribution in [0.1, 0.15) is 48.0 Å². The zero-order valence-corrected chi connectivity index (χ0v) is 12.4. The maximum atomic E-state index is 10.9. The van der Waals surface area contributed by atoms with Crippen LogP contribution < -0.4 is 5.32 Å². The minimum Gasteiger partial charge on any atom is -0.478 e. The zero-order chi connectivity index (χ0) is 15.1. The van der Waals surface area contributed by atoms with E-state index in [-0.39, 0.29) is 6.61 Å². The predicted octanol–water partition coefficient (Wildman–Crippen LogP) is 2.66. The molecule has 0 bridgehead atoms. The standard InChI is InChI=1S/C17H25NO3/c19-12-16(14-6-2-1-3-7-14)11-18-10-13-5-4-8-15(9-13)17(20)21/h4-5,8-9,14,16,18-19H,1-3,6-7,10-12H2,(H,20,21). The Morgan fingerprint density at radius 2 is 2.05 bits per heavy atom. The van der Waals surface area contributed by atoms with E-state index in [9.17, 15) is 9.90 Å². The van der Waals surface area contributed by atoms with Crippen LogP contribution in [0.15, 0.2) is 24.3 Å². The summed E-state index contributed by atoms with van der Waals surface area (Å²) in [7, 11) is 0. The zero-order valence-electron chi connectivity index (χ0n) is 12.4. The molecular formula is C17H25NO3. The van der Waals surface area contributed by atoms with E-state index in [1.807, 2.05) is 6.07 Å². The van der Waals surface area contributed by atoms with Crippen molar-refractivity contribution < 1.29 is 15.0 Å². The van der Waals surface area contributed by atoms with Gasteiger partial charge in [0.2, 0.25) is 0 Å². The molecule has 1 aliphatic carbocycles. The molecule has 4 nitrogen and oxygen atoms in total. The Balaban J connectivity index is 1.82. The summed E-state index contributed by atoms with van der Waals surface area (Å²) in [6.07, 6.45) is 6.33. The smallest absolute Gasteiger partial charge is 0.335 e. The van der Waals surface area contributed by atoms with Crippen LogP contribution in [-0.2, 0) is 6.54 Å². The molecule has 2 rings (SSSR count). The Morgan fingerprint density at radius 3 is 2.71 bits per heavy atom. The topological polar surface area (TPSA) is 69.6 Å². The summed E-state index contributed by atoms with van der Waals surface area (Å²) in [5.74, 6) is 0.0434. The van der Waals surface area contributed by atoms with Gasteiger partial charge in [-0.1, -0.05) is 44.2 Å². The second-order valence-corrected chi connectivity index (χ2v) is 5.98. The van der Waals surface area contributed by atoms with Gasteiger partial charge in [0.25, 0.3) is 0 Å². The quantitative estimate of drug-likeness (QED) is 0.722. The van der Waals surface area contributed by atoms with Gasteiger partial charge in [-0.3, -0.25) is 0 Å². The fourth-order valence-corrected chi connectivity index (χ4v) is 3.20. The number of aliphatic hydroxyl groups excluding tert-OH is 1. The van der Waals surface area contributed by atoms with Crippen LogP contribution in [0, 0.1) is 11.8 Å². The van der Waals surface area contributed by atoms with Crippen LogP contribution >= 0.6 is 0 Å². The Bertz CT molecular complexity index is 455. The number of nitrogens with one attached hydrogen (secondary N) is 1. The molecule has 1 fully saturated rings. The van der Waals surface area contributed by atoms with Crippen molar-refractivity contribution in [3.63, 3.8) is 0 Å². The van der Waals surface area contributed by atoms with Gasteiger partial charge in [0.1, 0.15) is 0 Å². The maximum Gasteiger partial charge on any atom is 0.335 e. The van der Waals surface area contributed by atoms with Crippen molar-refractivity contribution in [2.24, 2.45) is 11.8 Å². The van der Waals surface area contributed by atoms with Crippen molar-refractivity contribution in [2.45, 2.75) is 38.6 Å². The van der Waals surface area contributed by atoms with E-state index < -0.39 is 5.97 Å². The summed E-state index contributed by atoms with van der Waals surface area (Å²) < 4.78 is 0. The molecule has 21 heavy (non-hydrogen) atoms. The lowest BCUT2D eigenvalue weighted by molar-refractivity contribution is 0.0696. The predicted molar refractivity (Wildman–Crippen MR) is 82.3 cm³/mol. The van der Waals surface area contributed by atoms with E-state index in [0.29, 0.717) is 23.9 Å². The molecule has 1 aromatic carbocycles. The molecule has 0 aliphatic heterocycles. The second kappa shape index (κ2) is 8.15. The number of aliphatic hydroxyl groups is 1. The highest BCUT2D eigenvalue weighted by Gasteiger charge is 2.22. The maximum absolute atomic E-state index is 10.9. The third-order valence-corrected chi connectivity index (χ3v) is 4.46. The van der Waals surface area contributed by atoms with Crippen molar-refractivity contribution in [1.82, 2.24) is 5.32 Å². The van der Waals surface area contributed by atoms with E-state index in [2.05, 4.69) is 5.32 Å². The first-order valence-electron chi connectivity index (χ1n) is 7.84. The van der Waals surface area contributed by atoms with E-state index in [4.69, 9.17) is 5.11 Å². The van der Waals surface area contributed by atoms with Crippen molar-refractivity contribution in [2.75, 3.05) is 13.2 Å². The molecule has 0 aromatic heterocycles. The number of benzene rings is 1.